The van der Waals surface area contributed by atoms with Crippen molar-refractivity contribution < 1.29 is 17.9 Å². The van der Waals surface area contributed by atoms with Gasteiger partial charge in [0.05, 0.1) is 12.8 Å². The minimum absolute atomic E-state index is 0.145. The number of hydrogen-bond donors (Lipinski definition) is 1. The SMILES string of the molecule is COc1cccc(CNC(=O)C2=Nc3ccc(Cl)cc3C2=S(=O)=O)c1. The summed E-state index contributed by atoms with van der Waals surface area (Å²) in [6.07, 6.45) is 0. The zero-order valence-corrected chi connectivity index (χ0v) is 14.7. The van der Waals surface area contributed by atoms with E-state index in [1.54, 1.807) is 37.4 Å². The first-order chi connectivity index (χ1) is 12.0. The Kier molecular flexibility index (Phi) is 4.87. The van der Waals surface area contributed by atoms with Crippen LogP contribution >= 0.6 is 11.6 Å². The fourth-order valence-corrected chi connectivity index (χ4v) is 3.27. The van der Waals surface area contributed by atoms with E-state index in [9.17, 15) is 13.2 Å². The maximum absolute atomic E-state index is 12.4. The summed E-state index contributed by atoms with van der Waals surface area (Å²) in [6, 6.07) is 11.8. The molecular formula is C17H13ClN2O4S. The summed E-state index contributed by atoms with van der Waals surface area (Å²) in [5.41, 5.74) is 1.40. The molecule has 1 N–H and O–H groups in total. The number of ether oxygens (including phenoxy) is 1. The number of nitrogens with zero attached hydrogens (tertiary/aromatic N) is 1. The standard InChI is InChI=1S/C17H13ClN2O4S/c1-24-12-4-2-3-10(7-12)9-19-17(21)15-16(25(22)23)13-8-11(18)5-6-14(13)20-15/h2-8H,9H2,1H3,(H,19,21). The molecule has 128 valence electrons. The van der Waals surface area contributed by atoms with Crippen molar-refractivity contribution in [2.24, 2.45) is 4.99 Å². The Labute approximate surface area is 150 Å². The van der Waals surface area contributed by atoms with E-state index in [1.165, 1.54) is 6.07 Å². The first-order valence-corrected chi connectivity index (χ1v) is 8.71. The number of fused-ring (bicyclic) bond motifs is 1. The molecule has 0 aliphatic carbocycles. The van der Waals surface area contributed by atoms with Crippen LogP contribution in [-0.2, 0) is 21.6 Å². The van der Waals surface area contributed by atoms with Crippen molar-refractivity contribution in [3.05, 3.63) is 58.6 Å². The molecule has 25 heavy (non-hydrogen) atoms. The van der Waals surface area contributed by atoms with Crippen LogP contribution in [0.15, 0.2) is 47.5 Å². The molecule has 1 aliphatic heterocycles. The highest BCUT2D eigenvalue weighted by molar-refractivity contribution is 7.75. The molecule has 0 fully saturated rings. The average molecular weight is 377 g/mol. The number of amides is 1. The van der Waals surface area contributed by atoms with Crippen molar-refractivity contribution in [1.29, 1.82) is 0 Å². The predicted molar refractivity (Wildman–Crippen MR) is 96.4 cm³/mol. The zero-order valence-electron chi connectivity index (χ0n) is 13.1. The minimum atomic E-state index is -2.62. The van der Waals surface area contributed by atoms with E-state index in [-0.39, 0.29) is 17.1 Å². The Morgan fingerprint density at radius 3 is 2.76 bits per heavy atom. The molecule has 0 saturated carbocycles. The second-order valence-electron chi connectivity index (χ2n) is 5.22. The zero-order chi connectivity index (χ0) is 18.0. The average Bonchev–Trinajstić information content (AvgIpc) is 2.98. The van der Waals surface area contributed by atoms with Crippen molar-refractivity contribution in [1.82, 2.24) is 5.32 Å². The van der Waals surface area contributed by atoms with Crippen molar-refractivity contribution in [2.45, 2.75) is 6.54 Å². The van der Waals surface area contributed by atoms with E-state index < -0.39 is 16.2 Å². The van der Waals surface area contributed by atoms with Gasteiger partial charge >= 0.3 is 0 Å². The fourth-order valence-electron chi connectivity index (χ4n) is 2.46. The van der Waals surface area contributed by atoms with E-state index in [0.29, 0.717) is 22.0 Å². The van der Waals surface area contributed by atoms with E-state index in [1.807, 2.05) is 6.07 Å². The third-order valence-electron chi connectivity index (χ3n) is 3.62. The van der Waals surface area contributed by atoms with E-state index >= 15 is 0 Å². The van der Waals surface area contributed by atoms with E-state index in [4.69, 9.17) is 16.3 Å². The molecule has 6 nitrogen and oxygen atoms in total. The molecule has 0 aromatic heterocycles. The quantitative estimate of drug-likeness (QED) is 0.828. The molecule has 1 aliphatic rings. The fraction of sp³-hybridized carbons (Fsp3) is 0.118. The van der Waals surface area contributed by atoms with Gasteiger partial charge in [-0.3, -0.25) is 4.79 Å². The molecule has 2 aromatic rings. The molecule has 0 saturated heterocycles. The van der Waals surface area contributed by atoms with E-state index in [2.05, 4.69) is 10.3 Å². The predicted octanol–water partition coefficient (Wildman–Crippen LogP) is 2.15. The maximum atomic E-state index is 12.4. The number of methoxy groups -OCH3 is 1. The minimum Gasteiger partial charge on any atom is -0.497 e. The van der Waals surface area contributed by atoms with Gasteiger partial charge in [0.25, 0.3) is 5.91 Å². The highest BCUT2D eigenvalue weighted by Crippen LogP contribution is 2.29. The monoisotopic (exact) mass is 376 g/mol. The summed E-state index contributed by atoms with van der Waals surface area (Å²) in [6.45, 7) is 0.213. The molecule has 1 amide bonds. The van der Waals surface area contributed by atoms with Crippen LogP contribution < -0.4 is 10.1 Å². The van der Waals surface area contributed by atoms with Gasteiger partial charge in [-0.05, 0) is 35.9 Å². The van der Waals surface area contributed by atoms with Crippen LogP contribution in [0.1, 0.15) is 11.1 Å². The number of hydrogen-bond acceptors (Lipinski definition) is 5. The van der Waals surface area contributed by atoms with Crippen LogP contribution in [-0.4, -0.2) is 32.0 Å². The van der Waals surface area contributed by atoms with Gasteiger partial charge < -0.3 is 10.1 Å². The third-order valence-corrected chi connectivity index (χ3v) is 4.60. The summed E-state index contributed by atoms with van der Waals surface area (Å²) in [5, 5.41) is 3.04. The van der Waals surface area contributed by atoms with Gasteiger partial charge in [-0.1, -0.05) is 23.7 Å². The molecular weight excluding hydrogens is 364 g/mol. The van der Waals surface area contributed by atoms with Gasteiger partial charge in [0, 0.05) is 17.1 Å². The number of carbonyl (C=O) groups is 1. The Hall–Kier alpha value is -2.64. The number of halogens is 1. The van der Waals surface area contributed by atoms with Crippen molar-refractivity contribution in [3.63, 3.8) is 0 Å². The lowest BCUT2D eigenvalue weighted by Crippen LogP contribution is -2.34. The van der Waals surface area contributed by atoms with Gasteiger partial charge in [0.15, 0.2) is 5.71 Å². The summed E-state index contributed by atoms with van der Waals surface area (Å²) < 4.78 is 28.3. The lowest BCUT2D eigenvalue weighted by Gasteiger charge is -2.07. The van der Waals surface area contributed by atoms with Crippen LogP contribution in [0.3, 0.4) is 0 Å². The van der Waals surface area contributed by atoms with Gasteiger partial charge in [-0.15, -0.1) is 0 Å². The lowest BCUT2D eigenvalue weighted by molar-refractivity contribution is -0.114. The Morgan fingerprint density at radius 1 is 1.24 bits per heavy atom. The van der Waals surface area contributed by atoms with Crippen LogP contribution in [0.4, 0.5) is 5.69 Å². The van der Waals surface area contributed by atoms with Crippen LogP contribution in [0.2, 0.25) is 5.02 Å². The highest BCUT2D eigenvalue weighted by Gasteiger charge is 2.29. The number of nitrogens with one attached hydrogen (secondary N) is 1. The van der Waals surface area contributed by atoms with Gasteiger partial charge in [-0.2, -0.15) is 8.42 Å². The molecule has 0 spiro atoms. The highest BCUT2D eigenvalue weighted by atomic mass is 35.5. The molecule has 3 rings (SSSR count). The Morgan fingerprint density at radius 2 is 2.04 bits per heavy atom. The molecule has 8 heteroatoms. The Bertz CT molecular complexity index is 1020. The van der Waals surface area contributed by atoms with Gasteiger partial charge in [0.1, 0.15) is 10.6 Å². The maximum Gasteiger partial charge on any atom is 0.271 e. The van der Waals surface area contributed by atoms with Crippen LogP contribution in [0.25, 0.3) is 0 Å². The topological polar surface area (TPSA) is 84.8 Å². The third kappa shape index (κ3) is 3.57. The number of aliphatic imine (C=N–C) groups is 1. The van der Waals surface area contributed by atoms with Crippen molar-refractivity contribution >= 4 is 44.1 Å². The molecule has 0 radical (unpaired) electrons. The van der Waals surface area contributed by atoms with Gasteiger partial charge in [-0.25, -0.2) is 4.99 Å². The van der Waals surface area contributed by atoms with E-state index in [0.717, 1.165) is 5.56 Å². The molecule has 1 heterocycles. The summed E-state index contributed by atoms with van der Waals surface area (Å²) in [7, 11) is -1.06. The molecule has 0 bridgehead atoms. The normalized spacial score (nSPS) is 12.4. The van der Waals surface area contributed by atoms with Crippen LogP contribution in [0, 0.1) is 0 Å². The van der Waals surface area contributed by atoms with Gasteiger partial charge in [0.2, 0.25) is 10.3 Å². The molecule has 0 unspecified atom stereocenters. The van der Waals surface area contributed by atoms with Crippen LogP contribution in [0.5, 0.6) is 5.75 Å². The number of rotatable bonds is 4. The first kappa shape index (κ1) is 17.2. The largest absolute Gasteiger partial charge is 0.497 e. The number of carbonyl (C=O) groups excluding carboxylic acids is 1. The molecule has 2 aromatic carbocycles. The second-order valence-corrected chi connectivity index (χ2v) is 6.53. The summed E-state index contributed by atoms with van der Waals surface area (Å²) >= 11 is 5.91. The lowest BCUT2D eigenvalue weighted by atomic mass is 10.1. The summed E-state index contributed by atoms with van der Waals surface area (Å²) in [5.74, 6) is 0.0919. The molecule has 0 atom stereocenters. The Balaban J connectivity index is 1.84. The second kappa shape index (κ2) is 7.08. The summed E-state index contributed by atoms with van der Waals surface area (Å²) in [4.78, 5) is 16.4. The van der Waals surface area contributed by atoms with Crippen molar-refractivity contribution in [2.75, 3.05) is 7.11 Å². The number of benzene rings is 2. The first-order valence-electron chi connectivity index (χ1n) is 7.26. The smallest absolute Gasteiger partial charge is 0.271 e. The van der Waals surface area contributed by atoms with Crippen molar-refractivity contribution in [3.8, 4) is 5.75 Å².